The lowest BCUT2D eigenvalue weighted by atomic mass is 9.84. The Morgan fingerprint density at radius 1 is 1.21 bits per heavy atom. The number of carbonyl (C=O) groups is 2. The molecular weight excluding hydrogens is 366 g/mol. The van der Waals surface area contributed by atoms with Gasteiger partial charge in [0.25, 0.3) is 0 Å². The highest BCUT2D eigenvalue weighted by Crippen LogP contribution is 2.43. The second-order valence-corrected chi connectivity index (χ2v) is 7.94. The lowest BCUT2D eigenvalue weighted by molar-refractivity contribution is -0.118. The van der Waals surface area contributed by atoms with Crippen LogP contribution < -0.4 is 5.32 Å². The number of esters is 1. The number of aryl methyl sites for hydroxylation is 1. The first-order valence-electron chi connectivity index (χ1n) is 10.2. The van der Waals surface area contributed by atoms with Crippen LogP contribution in [0.3, 0.4) is 0 Å². The SMILES string of the molecule is CCOC(=O)c1ccc2c(c1)[C@H](Nc1nccc(C)n1)[C@@H](C)[C@H](C)CC2C(C)=O. The summed E-state index contributed by atoms with van der Waals surface area (Å²) in [5.41, 5.74) is 3.27. The molecule has 0 fully saturated rings. The summed E-state index contributed by atoms with van der Waals surface area (Å²) in [7, 11) is 0. The van der Waals surface area contributed by atoms with E-state index in [1.807, 2.05) is 25.1 Å². The predicted molar refractivity (Wildman–Crippen MR) is 112 cm³/mol. The Hall–Kier alpha value is -2.76. The van der Waals surface area contributed by atoms with Crippen molar-refractivity contribution in [3.63, 3.8) is 0 Å². The summed E-state index contributed by atoms with van der Waals surface area (Å²) in [6.45, 7) is 10.0. The van der Waals surface area contributed by atoms with Gasteiger partial charge in [0.1, 0.15) is 5.78 Å². The van der Waals surface area contributed by atoms with Gasteiger partial charge in [-0.05, 0) is 68.4 Å². The Kier molecular flexibility index (Phi) is 6.30. The van der Waals surface area contributed by atoms with Crippen LogP contribution >= 0.6 is 0 Å². The number of rotatable bonds is 5. The van der Waals surface area contributed by atoms with E-state index < -0.39 is 0 Å². The number of fused-ring (bicyclic) bond motifs is 1. The summed E-state index contributed by atoms with van der Waals surface area (Å²) in [5.74, 6) is 0.642. The van der Waals surface area contributed by atoms with E-state index in [0.717, 1.165) is 23.2 Å². The van der Waals surface area contributed by atoms with Crippen LogP contribution in [0.5, 0.6) is 0 Å². The van der Waals surface area contributed by atoms with Crippen molar-refractivity contribution in [3.8, 4) is 0 Å². The highest BCUT2D eigenvalue weighted by molar-refractivity contribution is 5.90. The second-order valence-electron chi connectivity index (χ2n) is 7.94. The van der Waals surface area contributed by atoms with Gasteiger partial charge in [0, 0.05) is 17.8 Å². The molecule has 4 atom stereocenters. The number of nitrogens with one attached hydrogen (secondary N) is 1. The molecule has 0 radical (unpaired) electrons. The molecule has 1 aromatic carbocycles. The monoisotopic (exact) mass is 395 g/mol. The van der Waals surface area contributed by atoms with Crippen LogP contribution in [0.15, 0.2) is 30.5 Å². The number of anilines is 1. The van der Waals surface area contributed by atoms with E-state index in [0.29, 0.717) is 24.0 Å². The number of aromatic nitrogens is 2. The third kappa shape index (κ3) is 4.47. The van der Waals surface area contributed by atoms with E-state index in [2.05, 4.69) is 29.1 Å². The van der Waals surface area contributed by atoms with Crippen LogP contribution in [0.25, 0.3) is 0 Å². The molecule has 0 aliphatic heterocycles. The van der Waals surface area contributed by atoms with Gasteiger partial charge < -0.3 is 10.1 Å². The largest absolute Gasteiger partial charge is 0.462 e. The summed E-state index contributed by atoms with van der Waals surface area (Å²) < 4.78 is 5.19. The van der Waals surface area contributed by atoms with E-state index in [9.17, 15) is 9.59 Å². The van der Waals surface area contributed by atoms with Crippen molar-refractivity contribution in [2.24, 2.45) is 11.8 Å². The number of Topliss-reactive ketones (excluding diaryl/α,β-unsaturated/α-hetero) is 1. The van der Waals surface area contributed by atoms with Crippen molar-refractivity contribution < 1.29 is 14.3 Å². The molecule has 6 nitrogen and oxygen atoms in total. The number of hydrogen-bond donors (Lipinski definition) is 1. The molecule has 1 N–H and O–H groups in total. The molecule has 2 aromatic rings. The van der Waals surface area contributed by atoms with Crippen LogP contribution in [0, 0.1) is 18.8 Å². The molecule has 0 bridgehead atoms. The zero-order valence-corrected chi connectivity index (χ0v) is 17.7. The van der Waals surface area contributed by atoms with Gasteiger partial charge in [0.15, 0.2) is 0 Å². The van der Waals surface area contributed by atoms with E-state index in [4.69, 9.17) is 4.74 Å². The van der Waals surface area contributed by atoms with Crippen LogP contribution in [0.2, 0.25) is 0 Å². The summed E-state index contributed by atoms with van der Waals surface area (Å²) in [4.78, 5) is 33.7. The van der Waals surface area contributed by atoms with Gasteiger partial charge in [-0.2, -0.15) is 0 Å². The van der Waals surface area contributed by atoms with Gasteiger partial charge in [0.05, 0.1) is 18.2 Å². The number of ketones is 1. The van der Waals surface area contributed by atoms with E-state index in [-0.39, 0.29) is 29.6 Å². The molecule has 1 aromatic heterocycles. The van der Waals surface area contributed by atoms with Crippen LogP contribution in [-0.2, 0) is 9.53 Å². The fourth-order valence-electron chi connectivity index (χ4n) is 4.08. The molecule has 0 amide bonds. The van der Waals surface area contributed by atoms with Gasteiger partial charge >= 0.3 is 5.97 Å². The number of nitrogens with zero attached hydrogens (tertiary/aromatic N) is 2. The van der Waals surface area contributed by atoms with Gasteiger partial charge in [-0.3, -0.25) is 4.79 Å². The van der Waals surface area contributed by atoms with Crippen molar-refractivity contribution in [3.05, 3.63) is 52.8 Å². The minimum atomic E-state index is -0.356. The molecule has 154 valence electrons. The van der Waals surface area contributed by atoms with Crippen molar-refractivity contribution in [1.29, 1.82) is 0 Å². The standard InChI is InChI=1S/C23H29N3O3/c1-6-29-22(28)17-7-8-18-19(16(5)27)11-13(2)15(4)21(20(18)12-17)26-23-24-10-9-14(3)25-23/h7-10,12-13,15,19,21H,6,11H2,1-5H3,(H,24,25,26)/t13-,15+,19?,21-/m1/s1. The molecule has 1 aliphatic rings. The third-order valence-electron chi connectivity index (χ3n) is 5.91. The maximum absolute atomic E-state index is 12.5. The molecule has 6 heteroatoms. The number of carbonyl (C=O) groups excluding carboxylic acids is 2. The van der Waals surface area contributed by atoms with Gasteiger partial charge in [-0.15, -0.1) is 0 Å². The van der Waals surface area contributed by atoms with E-state index >= 15 is 0 Å². The average molecular weight is 396 g/mol. The Morgan fingerprint density at radius 2 is 1.97 bits per heavy atom. The molecule has 1 heterocycles. The minimum absolute atomic E-state index is 0.125. The van der Waals surface area contributed by atoms with Crippen molar-refractivity contribution >= 4 is 17.7 Å². The van der Waals surface area contributed by atoms with Gasteiger partial charge in [0.2, 0.25) is 5.95 Å². The Morgan fingerprint density at radius 3 is 2.62 bits per heavy atom. The van der Waals surface area contributed by atoms with Crippen LogP contribution in [0.1, 0.15) is 73.3 Å². The quantitative estimate of drug-likeness (QED) is 0.594. The summed E-state index contributed by atoms with van der Waals surface area (Å²) in [6.07, 6.45) is 2.50. The molecule has 29 heavy (non-hydrogen) atoms. The summed E-state index contributed by atoms with van der Waals surface area (Å²) in [6, 6.07) is 7.26. The highest BCUT2D eigenvalue weighted by atomic mass is 16.5. The maximum atomic E-state index is 12.5. The fraction of sp³-hybridized carbons (Fsp3) is 0.478. The Labute approximate surface area is 172 Å². The predicted octanol–water partition coefficient (Wildman–Crippen LogP) is 4.46. The summed E-state index contributed by atoms with van der Waals surface area (Å²) >= 11 is 0. The lowest BCUT2D eigenvalue weighted by Gasteiger charge is -2.28. The Balaban J connectivity index is 2.12. The average Bonchev–Trinajstić information content (AvgIpc) is 2.78. The maximum Gasteiger partial charge on any atom is 0.338 e. The first kappa shape index (κ1) is 21.0. The van der Waals surface area contributed by atoms with Crippen molar-refractivity contribution in [2.75, 3.05) is 11.9 Å². The smallest absolute Gasteiger partial charge is 0.338 e. The lowest BCUT2D eigenvalue weighted by Crippen LogP contribution is -2.24. The zero-order valence-electron chi connectivity index (χ0n) is 17.7. The van der Waals surface area contributed by atoms with Crippen molar-refractivity contribution in [1.82, 2.24) is 9.97 Å². The minimum Gasteiger partial charge on any atom is -0.462 e. The third-order valence-corrected chi connectivity index (χ3v) is 5.91. The molecule has 0 spiro atoms. The fourth-order valence-corrected chi connectivity index (χ4v) is 4.08. The second kappa shape index (κ2) is 8.72. The zero-order chi connectivity index (χ0) is 21.1. The van der Waals surface area contributed by atoms with Gasteiger partial charge in [-0.25, -0.2) is 14.8 Å². The van der Waals surface area contributed by atoms with Crippen LogP contribution in [0.4, 0.5) is 5.95 Å². The topological polar surface area (TPSA) is 81.2 Å². The molecule has 0 saturated carbocycles. The Bertz CT molecular complexity index is 912. The molecule has 0 saturated heterocycles. The number of hydrogen-bond acceptors (Lipinski definition) is 6. The first-order chi connectivity index (χ1) is 13.8. The summed E-state index contributed by atoms with van der Waals surface area (Å²) in [5, 5.41) is 3.47. The van der Waals surface area contributed by atoms with Gasteiger partial charge in [-0.1, -0.05) is 19.9 Å². The van der Waals surface area contributed by atoms with E-state index in [1.54, 1.807) is 26.1 Å². The normalized spacial score (nSPS) is 23.6. The first-order valence-corrected chi connectivity index (χ1v) is 10.2. The molecule has 1 unspecified atom stereocenters. The highest BCUT2D eigenvalue weighted by Gasteiger charge is 2.36. The van der Waals surface area contributed by atoms with E-state index in [1.165, 1.54) is 0 Å². The molecular formula is C23H29N3O3. The molecule has 1 aliphatic carbocycles. The number of ether oxygens (including phenoxy) is 1. The van der Waals surface area contributed by atoms with Crippen LogP contribution in [-0.4, -0.2) is 28.3 Å². The number of benzene rings is 1. The van der Waals surface area contributed by atoms with Crippen molar-refractivity contribution in [2.45, 2.75) is 53.0 Å². The molecule has 3 rings (SSSR count).